The fraction of sp³-hybridized carbons (Fsp3) is 0.400. The Balaban J connectivity index is 1.82. The van der Waals surface area contributed by atoms with Crippen molar-refractivity contribution in [2.75, 3.05) is 20.3 Å². The molecule has 1 aliphatic heterocycles. The second-order valence-corrected chi connectivity index (χ2v) is 9.27. The molecule has 8 heteroatoms. The first-order chi connectivity index (χ1) is 15.8. The highest BCUT2D eigenvalue weighted by Gasteiger charge is 2.43. The molecular formula is C25H28N4O4. The van der Waals surface area contributed by atoms with Gasteiger partial charge in [0, 0.05) is 49.2 Å². The Bertz CT molecular complexity index is 1230. The van der Waals surface area contributed by atoms with Crippen LogP contribution in [0.3, 0.4) is 0 Å². The number of nitrogens with two attached hydrogens (primary N) is 1. The van der Waals surface area contributed by atoms with Crippen LogP contribution < -0.4 is 11.1 Å². The molecule has 8 nitrogen and oxygen atoms in total. The molecule has 33 heavy (non-hydrogen) atoms. The number of carbonyl (C=O) groups excluding carboxylic acids is 2. The first-order valence-electron chi connectivity index (χ1n) is 10.9. The molecule has 1 amide bonds. The highest BCUT2D eigenvalue weighted by atomic mass is 16.5. The number of allylic oxidation sites excluding steroid dienone is 3. The van der Waals surface area contributed by atoms with Crippen molar-refractivity contribution in [3.8, 4) is 6.07 Å². The highest BCUT2D eigenvalue weighted by Crippen LogP contribution is 2.49. The van der Waals surface area contributed by atoms with E-state index in [0.29, 0.717) is 37.3 Å². The van der Waals surface area contributed by atoms with Crippen LogP contribution in [-0.4, -0.2) is 36.5 Å². The number of para-hydroxylation sites is 1. The van der Waals surface area contributed by atoms with Gasteiger partial charge in [0.1, 0.15) is 23.9 Å². The van der Waals surface area contributed by atoms with Gasteiger partial charge in [0.25, 0.3) is 0 Å². The molecule has 0 saturated carbocycles. The summed E-state index contributed by atoms with van der Waals surface area (Å²) < 4.78 is 12.6. The lowest BCUT2D eigenvalue weighted by atomic mass is 9.70. The van der Waals surface area contributed by atoms with Crippen LogP contribution >= 0.6 is 0 Å². The summed E-state index contributed by atoms with van der Waals surface area (Å²) in [6.45, 7) is 4.97. The summed E-state index contributed by atoms with van der Waals surface area (Å²) in [7, 11) is 1.58. The van der Waals surface area contributed by atoms with E-state index in [4.69, 9.17) is 15.2 Å². The Kier molecular flexibility index (Phi) is 6.00. The van der Waals surface area contributed by atoms with Gasteiger partial charge in [-0.1, -0.05) is 32.0 Å². The monoisotopic (exact) mass is 448 g/mol. The topological polar surface area (TPSA) is 119 Å². The van der Waals surface area contributed by atoms with E-state index in [-0.39, 0.29) is 35.1 Å². The molecule has 0 fully saturated rings. The van der Waals surface area contributed by atoms with Crippen LogP contribution in [0.5, 0.6) is 0 Å². The van der Waals surface area contributed by atoms with Crippen LogP contribution in [-0.2, 0) is 25.6 Å². The van der Waals surface area contributed by atoms with E-state index in [1.807, 2.05) is 48.9 Å². The standard InChI is InChI=1S/C25H28N4O4/c1-25(2)10-19(30)23-20(11-25)33-24(27)16(12-26)22(23)17-13-29(14-21(31)28-8-9-32-3)18-7-5-4-6-15(17)18/h4-7,13,22H,8-11,14,27H2,1-3H3,(H,28,31)/t22-/m1/s1. The van der Waals surface area contributed by atoms with Gasteiger partial charge in [-0.15, -0.1) is 0 Å². The van der Waals surface area contributed by atoms with E-state index in [1.54, 1.807) is 7.11 Å². The van der Waals surface area contributed by atoms with E-state index >= 15 is 0 Å². The zero-order valence-electron chi connectivity index (χ0n) is 19.1. The van der Waals surface area contributed by atoms with Crippen LogP contribution in [0.4, 0.5) is 0 Å². The number of methoxy groups -OCH3 is 1. The quantitative estimate of drug-likeness (QED) is 0.656. The van der Waals surface area contributed by atoms with E-state index in [2.05, 4.69) is 11.4 Å². The summed E-state index contributed by atoms with van der Waals surface area (Å²) in [4.78, 5) is 25.8. The van der Waals surface area contributed by atoms with Gasteiger partial charge in [-0.25, -0.2) is 0 Å². The molecule has 3 N–H and O–H groups in total. The number of ether oxygens (including phenoxy) is 2. The number of nitriles is 1. The van der Waals surface area contributed by atoms with Gasteiger partial charge in [-0.2, -0.15) is 5.26 Å². The number of hydrogen-bond acceptors (Lipinski definition) is 6. The minimum absolute atomic E-state index is 0.0286. The molecule has 1 atom stereocenters. The Labute approximate surface area is 192 Å². The van der Waals surface area contributed by atoms with Crippen LogP contribution in [0, 0.1) is 16.7 Å². The van der Waals surface area contributed by atoms with Gasteiger partial charge in [-0.05, 0) is 17.0 Å². The third kappa shape index (κ3) is 4.24. The molecule has 2 aromatic rings. The number of nitrogens with zero attached hydrogens (tertiary/aromatic N) is 2. The largest absolute Gasteiger partial charge is 0.444 e. The summed E-state index contributed by atoms with van der Waals surface area (Å²) in [5.41, 5.74) is 8.22. The normalized spacial score (nSPS) is 19.8. The number of amides is 1. The van der Waals surface area contributed by atoms with Gasteiger partial charge < -0.3 is 25.1 Å². The van der Waals surface area contributed by atoms with E-state index in [9.17, 15) is 14.9 Å². The summed E-state index contributed by atoms with van der Waals surface area (Å²) in [6, 6.07) is 9.81. The van der Waals surface area contributed by atoms with Crippen LogP contribution in [0.1, 0.15) is 38.2 Å². The summed E-state index contributed by atoms with van der Waals surface area (Å²) >= 11 is 0. The number of rotatable bonds is 6. The van der Waals surface area contributed by atoms with Gasteiger partial charge in [0.2, 0.25) is 11.8 Å². The van der Waals surface area contributed by atoms with Crippen molar-refractivity contribution in [1.82, 2.24) is 9.88 Å². The van der Waals surface area contributed by atoms with E-state index < -0.39 is 5.92 Å². The molecule has 0 saturated heterocycles. The molecule has 0 unspecified atom stereocenters. The second kappa shape index (κ2) is 8.75. The second-order valence-electron chi connectivity index (χ2n) is 9.27. The SMILES string of the molecule is COCCNC(=O)Cn1cc([C@H]2C(C#N)=C(N)OC3=C2C(=O)CC(C)(C)C3)c2ccccc21. The summed E-state index contributed by atoms with van der Waals surface area (Å²) in [5.74, 6) is -0.268. The Morgan fingerprint density at radius 3 is 2.85 bits per heavy atom. The lowest BCUT2D eigenvalue weighted by molar-refractivity contribution is -0.122. The minimum Gasteiger partial charge on any atom is -0.444 e. The minimum atomic E-state index is -0.634. The molecule has 2 heterocycles. The zero-order valence-corrected chi connectivity index (χ0v) is 19.1. The lowest BCUT2D eigenvalue weighted by Crippen LogP contribution is -2.33. The number of nitrogens with one attached hydrogen (secondary N) is 1. The first-order valence-corrected chi connectivity index (χ1v) is 10.9. The van der Waals surface area contributed by atoms with Gasteiger partial charge in [0.05, 0.1) is 12.5 Å². The summed E-state index contributed by atoms with van der Waals surface area (Å²) in [6.07, 6.45) is 2.77. The molecule has 0 radical (unpaired) electrons. The molecule has 1 aliphatic carbocycles. The Morgan fingerprint density at radius 2 is 2.12 bits per heavy atom. The maximum absolute atomic E-state index is 13.3. The number of Topliss-reactive ketones (excluding diaryl/α,β-unsaturated/α-hetero) is 1. The van der Waals surface area contributed by atoms with Gasteiger partial charge >= 0.3 is 0 Å². The molecule has 0 spiro atoms. The molecule has 172 valence electrons. The Morgan fingerprint density at radius 1 is 1.36 bits per heavy atom. The van der Waals surface area contributed by atoms with Crippen molar-refractivity contribution >= 4 is 22.6 Å². The van der Waals surface area contributed by atoms with Crippen molar-refractivity contribution in [3.05, 3.63) is 58.8 Å². The fourth-order valence-electron chi connectivity index (χ4n) is 4.73. The Hall–Kier alpha value is -3.57. The smallest absolute Gasteiger partial charge is 0.240 e. The fourth-order valence-corrected chi connectivity index (χ4v) is 4.73. The number of carbonyl (C=O) groups is 2. The van der Waals surface area contributed by atoms with Crippen LogP contribution in [0.25, 0.3) is 10.9 Å². The molecular weight excluding hydrogens is 420 g/mol. The number of ketones is 1. The van der Waals surface area contributed by atoms with Crippen molar-refractivity contribution in [2.45, 2.75) is 39.2 Å². The predicted octanol–water partition coefficient (Wildman–Crippen LogP) is 2.85. The van der Waals surface area contributed by atoms with Gasteiger partial charge in [0.15, 0.2) is 5.78 Å². The molecule has 2 aliphatic rings. The maximum Gasteiger partial charge on any atom is 0.240 e. The average Bonchev–Trinajstić information content (AvgIpc) is 3.10. The number of benzene rings is 1. The third-order valence-electron chi connectivity index (χ3n) is 6.15. The highest BCUT2D eigenvalue weighted by molar-refractivity contribution is 6.01. The van der Waals surface area contributed by atoms with Crippen LogP contribution in [0.15, 0.2) is 53.3 Å². The number of fused-ring (bicyclic) bond motifs is 1. The molecule has 1 aromatic carbocycles. The molecule has 4 rings (SSSR count). The average molecular weight is 449 g/mol. The number of aromatic nitrogens is 1. The number of hydrogen-bond donors (Lipinski definition) is 2. The van der Waals surface area contributed by atoms with E-state index in [1.165, 1.54) is 0 Å². The molecule has 1 aromatic heterocycles. The van der Waals surface area contributed by atoms with Gasteiger partial charge in [-0.3, -0.25) is 9.59 Å². The third-order valence-corrected chi connectivity index (χ3v) is 6.15. The predicted molar refractivity (Wildman–Crippen MR) is 123 cm³/mol. The first kappa shape index (κ1) is 22.6. The zero-order chi connectivity index (χ0) is 23.8. The molecule has 0 bridgehead atoms. The summed E-state index contributed by atoms with van der Waals surface area (Å²) in [5, 5.41) is 13.6. The van der Waals surface area contributed by atoms with Crippen LogP contribution in [0.2, 0.25) is 0 Å². The van der Waals surface area contributed by atoms with Crippen molar-refractivity contribution < 1.29 is 19.1 Å². The maximum atomic E-state index is 13.3. The van der Waals surface area contributed by atoms with E-state index in [0.717, 1.165) is 16.5 Å². The van der Waals surface area contributed by atoms with Crippen molar-refractivity contribution in [2.24, 2.45) is 11.1 Å². The van der Waals surface area contributed by atoms with Crippen molar-refractivity contribution in [1.29, 1.82) is 5.26 Å². The lowest BCUT2D eigenvalue weighted by Gasteiger charge is -2.37. The van der Waals surface area contributed by atoms with Crippen molar-refractivity contribution in [3.63, 3.8) is 0 Å².